The third-order valence-electron chi connectivity index (χ3n) is 4.02. The van der Waals surface area contributed by atoms with Crippen LogP contribution in [0.15, 0.2) is 79.4 Å². The van der Waals surface area contributed by atoms with Crippen LogP contribution in [0.3, 0.4) is 0 Å². The Hall–Kier alpha value is -2.91. The normalized spacial score (nSPS) is 10.7. The summed E-state index contributed by atoms with van der Waals surface area (Å²) in [6.45, 7) is 4.31. The lowest BCUT2D eigenvalue weighted by molar-refractivity contribution is 0.307. The third-order valence-corrected chi connectivity index (χ3v) is 5.09. The first kappa shape index (κ1) is 15.6. The monoisotopic (exact) mass is 343 g/mol. The third kappa shape index (κ3) is 3.32. The maximum atomic E-state index is 6.09. The van der Waals surface area contributed by atoms with E-state index in [2.05, 4.69) is 30.8 Å². The van der Waals surface area contributed by atoms with Gasteiger partial charge in [-0.25, -0.2) is 4.98 Å². The summed E-state index contributed by atoms with van der Waals surface area (Å²) in [5, 5.41) is 0.985. The smallest absolute Gasteiger partial charge is 0.130 e. The van der Waals surface area contributed by atoms with Gasteiger partial charge in [0.2, 0.25) is 0 Å². The zero-order valence-corrected chi connectivity index (χ0v) is 14.5. The van der Waals surface area contributed by atoms with Crippen molar-refractivity contribution in [1.82, 2.24) is 4.98 Å². The Bertz CT molecular complexity index is 985. The number of rotatable bonds is 5. The van der Waals surface area contributed by atoms with Crippen molar-refractivity contribution in [2.75, 3.05) is 0 Å². The van der Waals surface area contributed by atoms with Crippen molar-refractivity contribution in [3.05, 3.63) is 90.5 Å². The van der Waals surface area contributed by atoms with E-state index < -0.39 is 0 Å². The second-order valence-corrected chi connectivity index (χ2v) is 6.75. The van der Waals surface area contributed by atoms with Gasteiger partial charge in [-0.15, -0.1) is 11.3 Å². The number of para-hydroxylation sites is 2. The number of aromatic nitrogens is 1. The standard InChI is InChI=1S/C22H17NOS/c1-2-16-11-13-17(14-12-16)15-24-20-9-5-3-7-18(20)22-23-19-8-4-6-10-21(19)25-22/h2-14H,1,15H2. The molecule has 0 N–H and O–H groups in total. The SMILES string of the molecule is C=Cc1ccc(COc2ccccc2-c2nc3ccccc3s2)cc1. The summed E-state index contributed by atoms with van der Waals surface area (Å²) in [6, 6.07) is 24.5. The van der Waals surface area contributed by atoms with E-state index in [1.165, 1.54) is 4.70 Å². The predicted molar refractivity (Wildman–Crippen MR) is 106 cm³/mol. The Morgan fingerprint density at radius 2 is 1.68 bits per heavy atom. The van der Waals surface area contributed by atoms with Gasteiger partial charge in [0.1, 0.15) is 17.4 Å². The molecule has 1 heterocycles. The predicted octanol–water partition coefficient (Wildman–Crippen LogP) is 6.19. The van der Waals surface area contributed by atoms with E-state index in [1.807, 2.05) is 54.6 Å². The highest BCUT2D eigenvalue weighted by Crippen LogP contribution is 2.35. The van der Waals surface area contributed by atoms with Crippen LogP contribution in [-0.4, -0.2) is 4.98 Å². The molecular formula is C22H17NOS. The van der Waals surface area contributed by atoms with Crippen molar-refractivity contribution < 1.29 is 4.74 Å². The maximum Gasteiger partial charge on any atom is 0.130 e. The molecule has 4 rings (SSSR count). The molecule has 0 radical (unpaired) electrons. The van der Waals surface area contributed by atoms with Crippen molar-refractivity contribution >= 4 is 27.6 Å². The summed E-state index contributed by atoms with van der Waals surface area (Å²) in [4.78, 5) is 4.75. The van der Waals surface area contributed by atoms with Crippen molar-refractivity contribution in [3.8, 4) is 16.3 Å². The molecule has 4 aromatic rings. The van der Waals surface area contributed by atoms with Crippen molar-refractivity contribution in [2.24, 2.45) is 0 Å². The fourth-order valence-corrected chi connectivity index (χ4v) is 3.66. The van der Waals surface area contributed by atoms with Crippen molar-refractivity contribution in [2.45, 2.75) is 6.61 Å². The Kier molecular flexibility index (Phi) is 4.32. The van der Waals surface area contributed by atoms with E-state index in [4.69, 9.17) is 9.72 Å². The van der Waals surface area contributed by atoms with E-state index >= 15 is 0 Å². The number of hydrogen-bond donors (Lipinski definition) is 0. The Labute approximate surface area is 151 Å². The van der Waals surface area contributed by atoms with Crippen molar-refractivity contribution in [3.63, 3.8) is 0 Å². The largest absolute Gasteiger partial charge is 0.488 e. The first-order valence-corrected chi connectivity index (χ1v) is 8.94. The number of fused-ring (bicyclic) bond motifs is 1. The number of benzene rings is 3. The fourth-order valence-electron chi connectivity index (χ4n) is 2.67. The summed E-state index contributed by atoms with van der Waals surface area (Å²) in [7, 11) is 0. The quantitative estimate of drug-likeness (QED) is 0.431. The van der Waals surface area contributed by atoms with Crippen LogP contribution in [0.2, 0.25) is 0 Å². The van der Waals surface area contributed by atoms with Gasteiger partial charge in [-0.2, -0.15) is 0 Å². The number of thiazole rings is 1. The lowest BCUT2D eigenvalue weighted by atomic mass is 10.1. The van der Waals surface area contributed by atoms with Crippen molar-refractivity contribution in [1.29, 1.82) is 0 Å². The maximum absolute atomic E-state index is 6.09. The Balaban J connectivity index is 1.61. The molecule has 3 heteroatoms. The van der Waals surface area contributed by atoms with Gasteiger partial charge < -0.3 is 4.74 Å². The number of nitrogens with zero attached hydrogens (tertiary/aromatic N) is 1. The summed E-state index contributed by atoms with van der Waals surface area (Å²) < 4.78 is 7.28. The van der Waals surface area contributed by atoms with Crippen LogP contribution in [0.4, 0.5) is 0 Å². The zero-order valence-electron chi connectivity index (χ0n) is 13.7. The molecule has 122 valence electrons. The number of ether oxygens (including phenoxy) is 1. The van der Waals surface area contributed by atoms with Crippen LogP contribution in [0.25, 0.3) is 26.9 Å². The molecule has 0 spiro atoms. The number of hydrogen-bond acceptors (Lipinski definition) is 3. The van der Waals surface area contributed by atoms with Gasteiger partial charge in [0.05, 0.1) is 15.8 Å². The van der Waals surface area contributed by atoms with E-state index in [1.54, 1.807) is 11.3 Å². The molecule has 0 atom stereocenters. The minimum absolute atomic E-state index is 0.527. The topological polar surface area (TPSA) is 22.1 Å². The first-order valence-electron chi connectivity index (χ1n) is 8.12. The van der Waals surface area contributed by atoms with E-state index in [0.717, 1.165) is 33.0 Å². The average Bonchev–Trinajstić information content (AvgIpc) is 3.11. The molecule has 3 aromatic carbocycles. The molecule has 0 amide bonds. The van der Waals surface area contributed by atoms with Crippen LogP contribution >= 0.6 is 11.3 Å². The van der Waals surface area contributed by atoms with Gasteiger partial charge in [0.25, 0.3) is 0 Å². The molecule has 0 bridgehead atoms. The highest BCUT2D eigenvalue weighted by Gasteiger charge is 2.11. The fraction of sp³-hybridized carbons (Fsp3) is 0.0455. The molecule has 25 heavy (non-hydrogen) atoms. The minimum Gasteiger partial charge on any atom is -0.488 e. The summed E-state index contributed by atoms with van der Waals surface area (Å²) in [5.41, 5.74) is 4.30. The lowest BCUT2D eigenvalue weighted by Gasteiger charge is -2.10. The lowest BCUT2D eigenvalue weighted by Crippen LogP contribution is -1.96. The first-order chi connectivity index (χ1) is 12.3. The van der Waals surface area contributed by atoms with Crippen LogP contribution in [-0.2, 0) is 6.61 Å². The van der Waals surface area contributed by atoms with Gasteiger partial charge >= 0.3 is 0 Å². The van der Waals surface area contributed by atoms with Gasteiger partial charge in [0, 0.05) is 0 Å². The highest BCUT2D eigenvalue weighted by atomic mass is 32.1. The summed E-state index contributed by atoms with van der Waals surface area (Å²) in [6.07, 6.45) is 1.84. The molecule has 0 aliphatic heterocycles. The second-order valence-electron chi connectivity index (χ2n) is 5.72. The van der Waals surface area contributed by atoms with Crippen LogP contribution in [0.1, 0.15) is 11.1 Å². The Morgan fingerprint density at radius 3 is 2.48 bits per heavy atom. The molecule has 0 aliphatic carbocycles. The van der Waals surface area contributed by atoms with Gasteiger partial charge in [-0.3, -0.25) is 0 Å². The highest BCUT2D eigenvalue weighted by molar-refractivity contribution is 7.21. The molecule has 0 fully saturated rings. The van der Waals surface area contributed by atoms with E-state index in [0.29, 0.717) is 6.61 Å². The van der Waals surface area contributed by atoms with Crippen LogP contribution in [0.5, 0.6) is 5.75 Å². The Morgan fingerprint density at radius 1 is 0.920 bits per heavy atom. The minimum atomic E-state index is 0.527. The molecular weight excluding hydrogens is 326 g/mol. The molecule has 0 saturated heterocycles. The van der Waals surface area contributed by atoms with Gasteiger partial charge in [-0.1, -0.05) is 61.2 Å². The molecule has 2 nitrogen and oxygen atoms in total. The summed E-state index contributed by atoms with van der Waals surface area (Å²) in [5.74, 6) is 0.856. The molecule has 0 aliphatic rings. The second kappa shape index (κ2) is 6.91. The van der Waals surface area contributed by atoms with Gasteiger partial charge in [-0.05, 0) is 35.4 Å². The summed E-state index contributed by atoms with van der Waals surface area (Å²) >= 11 is 1.69. The van der Waals surface area contributed by atoms with E-state index in [-0.39, 0.29) is 0 Å². The van der Waals surface area contributed by atoms with Gasteiger partial charge in [0.15, 0.2) is 0 Å². The molecule has 0 saturated carbocycles. The van der Waals surface area contributed by atoms with Crippen LogP contribution in [0, 0.1) is 0 Å². The zero-order chi connectivity index (χ0) is 17.1. The molecule has 0 unspecified atom stereocenters. The van der Waals surface area contributed by atoms with E-state index in [9.17, 15) is 0 Å². The van der Waals surface area contributed by atoms with Crippen LogP contribution < -0.4 is 4.74 Å². The average molecular weight is 343 g/mol. The molecule has 1 aromatic heterocycles.